The Kier molecular flexibility index (Phi) is 10.1. The van der Waals surface area contributed by atoms with Gasteiger partial charge >= 0.3 is 0 Å². The van der Waals surface area contributed by atoms with Gasteiger partial charge in [-0.05, 0) is 36.8 Å². The van der Waals surface area contributed by atoms with Crippen molar-refractivity contribution in [2.75, 3.05) is 23.7 Å². The van der Waals surface area contributed by atoms with Gasteiger partial charge in [0.2, 0.25) is 21.8 Å². The molecular weight excluding hydrogens is 552 g/mol. The van der Waals surface area contributed by atoms with E-state index in [1.165, 1.54) is 23.1 Å². The van der Waals surface area contributed by atoms with Gasteiger partial charge in [-0.3, -0.25) is 13.9 Å². The summed E-state index contributed by atoms with van der Waals surface area (Å²) >= 11 is 12.8. The Morgan fingerprint density at radius 2 is 1.55 bits per heavy atom. The number of halogens is 3. The lowest BCUT2D eigenvalue weighted by Gasteiger charge is -2.33. The van der Waals surface area contributed by atoms with Gasteiger partial charge in [-0.1, -0.05) is 71.7 Å². The Bertz CT molecular complexity index is 1370. The standard InChI is InChI=1S/C27H28Cl2FN3O4S/c1-3-31-27(35)25(16-19-10-5-4-6-11-19)32(17-20-21(28)12-9-13-22(20)29)26(34)18-33(38(2,36)37)24-15-8-7-14-23(24)30/h4-15,25H,3,16-18H2,1-2H3,(H,31,35)/t25-/m1/s1. The minimum Gasteiger partial charge on any atom is -0.355 e. The zero-order valence-corrected chi connectivity index (χ0v) is 23.2. The van der Waals surface area contributed by atoms with E-state index in [9.17, 15) is 22.4 Å². The molecule has 0 aliphatic carbocycles. The first-order valence-electron chi connectivity index (χ1n) is 11.8. The fourth-order valence-corrected chi connectivity index (χ4v) is 5.32. The molecule has 11 heteroatoms. The van der Waals surface area contributed by atoms with Gasteiger partial charge in [0.25, 0.3) is 0 Å². The van der Waals surface area contributed by atoms with Crippen molar-refractivity contribution in [2.45, 2.75) is 25.9 Å². The van der Waals surface area contributed by atoms with Gasteiger partial charge in [-0.15, -0.1) is 0 Å². The average Bonchev–Trinajstić information content (AvgIpc) is 2.86. The summed E-state index contributed by atoms with van der Waals surface area (Å²) in [5.74, 6) is -1.98. The number of carbonyl (C=O) groups excluding carboxylic acids is 2. The van der Waals surface area contributed by atoms with E-state index in [0.29, 0.717) is 16.4 Å². The molecular formula is C27H28Cl2FN3O4S. The first-order chi connectivity index (χ1) is 18.0. The number of carbonyl (C=O) groups is 2. The normalized spacial score (nSPS) is 12.0. The zero-order chi connectivity index (χ0) is 27.9. The quantitative estimate of drug-likeness (QED) is 0.357. The molecule has 0 saturated heterocycles. The third kappa shape index (κ3) is 7.46. The fraction of sp³-hybridized carbons (Fsp3) is 0.259. The first-order valence-corrected chi connectivity index (χ1v) is 14.4. The van der Waals surface area contributed by atoms with E-state index in [1.807, 2.05) is 30.3 Å². The summed E-state index contributed by atoms with van der Waals surface area (Å²) in [6.07, 6.45) is 1.02. The predicted octanol–water partition coefficient (Wildman–Crippen LogP) is 4.67. The highest BCUT2D eigenvalue weighted by atomic mass is 35.5. The summed E-state index contributed by atoms with van der Waals surface area (Å²) in [4.78, 5) is 28.4. The molecule has 1 atom stereocenters. The lowest BCUT2D eigenvalue weighted by atomic mass is 10.0. The van der Waals surface area contributed by atoms with Crippen LogP contribution in [0.2, 0.25) is 10.0 Å². The van der Waals surface area contributed by atoms with Crippen molar-refractivity contribution in [3.8, 4) is 0 Å². The van der Waals surface area contributed by atoms with Gasteiger partial charge in [0, 0.05) is 35.1 Å². The number of nitrogens with one attached hydrogen (secondary N) is 1. The minimum absolute atomic E-state index is 0.138. The Morgan fingerprint density at radius 3 is 2.13 bits per heavy atom. The van der Waals surface area contributed by atoms with E-state index >= 15 is 0 Å². The van der Waals surface area contributed by atoms with Crippen LogP contribution in [0, 0.1) is 5.82 Å². The molecule has 3 aromatic rings. The largest absolute Gasteiger partial charge is 0.355 e. The second-order valence-corrected chi connectivity index (χ2v) is 11.3. The summed E-state index contributed by atoms with van der Waals surface area (Å²) < 4.78 is 40.6. The highest BCUT2D eigenvalue weighted by molar-refractivity contribution is 7.92. The molecule has 0 heterocycles. The second-order valence-electron chi connectivity index (χ2n) is 8.54. The molecule has 0 saturated carbocycles. The SMILES string of the molecule is CCNC(=O)[C@@H](Cc1ccccc1)N(Cc1c(Cl)cccc1Cl)C(=O)CN(c1ccccc1F)S(C)(=O)=O. The van der Waals surface area contributed by atoms with Crippen molar-refractivity contribution in [3.63, 3.8) is 0 Å². The zero-order valence-electron chi connectivity index (χ0n) is 20.9. The number of para-hydroxylation sites is 1. The summed E-state index contributed by atoms with van der Waals surface area (Å²) in [6, 6.07) is 18.2. The number of amides is 2. The van der Waals surface area contributed by atoms with Crippen LogP contribution in [-0.4, -0.2) is 50.5 Å². The van der Waals surface area contributed by atoms with E-state index in [0.717, 1.165) is 17.9 Å². The lowest BCUT2D eigenvalue weighted by Crippen LogP contribution is -2.53. The van der Waals surface area contributed by atoms with Gasteiger partial charge in [0.15, 0.2) is 0 Å². The molecule has 202 valence electrons. The van der Waals surface area contributed by atoms with Crippen LogP contribution in [0.5, 0.6) is 0 Å². The average molecular weight is 581 g/mol. The van der Waals surface area contributed by atoms with Gasteiger partial charge < -0.3 is 10.2 Å². The van der Waals surface area contributed by atoms with Gasteiger partial charge in [0.05, 0.1) is 11.9 Å². The molecule has 2 amide bonds. The van der Waals surface area contributed by atoms with Crippen molar-refractivity contribution in [2.24, 2.45) is 0 Å². The van der Waals surface area contributed by atoms with E-state index in [4.69, 9.17) is 23.2 Å². The molecule has 0 fully saturated rings. The van der Waals surface area contributed by atoms with Crippen molar-refractivity contribution in [1.82, 2.24) is 10.2 Å². The van der Waals surface area contributed by atoms with Crippen molar-refractivity contribution >= 4 is 50.7 Å². The lowest BCUT2D eigenvalue weighted by molar-refractivity contribution is -0.140. The van der Waals surface area contributed by atoms with Crippen LogP contribution < -0.4 is 9.62 Å². The van der Waals surface area contributed by atoms with Crippen LogP contribution in [0.25, 0.3) is 0 Å². The van der Waals surface area contributed by atoms with E-state index in [2.05, 4.69) is 5.32 Å². The summed E-state index contributed by atoms with van der Waals surface area (Å²) in [5.41, 5.74) is 0.890. The number of hydrogen-bond acceptors (Lipinski definition) is 4. The van der Waals surface area contributed by atoms with Gasteiger partial charge in [-0.25, -0.2) is 12.8 Å². The summed E-state index contributed by atoms with van der Waals surface area (Å²) in [6.45, 7) is 1.13. The maximum Gasteiger partial charge on any atom is 0.244 e. The number of anilines is 1. The van der Waals surface area contributed by atoms with Crippen LogP contribution in [0.3, 0.4) is 0 Å². The van der Waals surface area contributed by atoms with E-state index in [-0.39, 0.29) is 28.7 Å². The molecule has 0 aliphatic heterocycles. The third-order valence-electron chi connectivity index (χ3n) is 5.81. The number of hydrogen-bond donors (Lipinski definition) is 1. The van der Waals surface area contributed by atoms with Crippen LogP contribution >= 0.6 is 23.2 Å². The second kappa shape index (κ2) is 13.1. The van der Waals surface area contributed by atoms with E-state index in [1.54, 1.807) is 25.1 Å². The Labute approximate surface area is 232 Å². The molecule has 0 spiro atoms. The van der Waals surface area contributed by atoms with E-state index < -0.39 is 40.2 Å². The van der Waals surface area contributed by atoms with Crippen molar-refractivity contribution in [1.29, 1.82) is 0 Å². The summed E-state index contributed by atoms with van der Waals surface area (Å²) in [5, 5.41) is 3.30. The Hall–Kier alpha value is -3.14. The van der Waals surface area contributed by atoms with Gasteiger partial charge in [-0.2, -0.15) is 0 Å². The monoisotopic (exact) mass is 579 g/mol. The maximum absolute atomic E-state index is 14.6. The number of sulfonamides is 1. The topological polar surface area (TPSA) is 86.8 Å². The van der Waals surface area contributed by atoms with Crippen molar-refractivity contribution < 1.29 is 22.4 Å². The molecule has 0 bridgehead atoms. The fourth-order valence-electron chi connectivity index (χ4n) is 3.95. The predicted molar refractivity (Wildman–Crippen MR) is 148 cm³/mol. The molecule has 0 aromatic heterocycles. The molecule has 1 N–H and O–H groups in total. The summed E-state index contributed by atoms with van der Waals surface area (Å²) in [7, 11) is -4.08. The molecule has 3 aromatic carbocycles. The molecule has 3 rings (SSSR count). The van der Waals surface area contributed by atoms with Crippen LogP contribution in [0.4, 0.5) is 10.1 Å². The van der Waals surface area contributed by atoms with Crippen LogP contribution in [-0.2, 0) is 32.6 Å². The number of benzene rings is 3. The number of rotatable bonds is 11. The molecule has 0 radical (unpaired) electrons. The highest BCUT2D eigenvalue weighted by Gasteiger charge is 2.34. The maximum atomic E-state index is 14.6. The van der Waals surface area contributed by atoms with Gasteiger partial charge in [0.1, 0.15) is 18.4 Å². The highest BCUT2D eigenvalue weighted by Crippen LogP contribution is 2.28. The molecule has 0 aliphatic rings. The van der Waals surface area contributed by atoms with Crippen LogP contribution in [0.15, 0.2) is 72.8 Å². The van der Waals surface area contributed by atoms with Crippen molar-refractivity contribution in [3.05, 3.63) is 99.8 Å². The minimum atomic E-state index is -4.08. The molecule has 7 nitrogen and oxygen atoms in total. The first kappa shape index (κ1) is 29.4. The molecule has 38 heavy (non-hydrogen) atoms. The third-order valence-corrected chi connectivity index (χ3v) is 7.65. The Morgan fingerprint density at radius 1 is 0.947 bits per heavy atom. The number of nitrogens with zero attached hydrogens (tertiary/aromatic N) is 2. The smallest absolute Gasteiger partial charge is 0.244 e. The molecule has 0 unspecified atom stereocenters. The van der Waals surface area contributed by atoms with Crippen LogP contribution in [0.1, 0.15) is 18.1 Å². The number of likely N-dealkylation sites (N-methyl/N-ethyl adjacent to an activating group) is 1. The Balaban J connectivity index is 2.10.